The molecule has 0 bridgehead atoms. The number of methoxy groups -OCH3 is 1. The van der Waals surface area contributed by atoms with Crippen molar-refractivity contribution < 1.29 is 9.53 Å². The van der Waals surface area contributed by atoms with Crippen LogP contribution in [0, 0.1) is 0 Å². The smallest absolute Gasteiger partial charge is 0.254 e. The molecule has 1 aromatic heterocycles. The average molecular weight is 353 g/mol. The molecular formula is C19H23N5O2. The number of rotatable bonds is 3. The first-order valence-corrected chi connectivity index (χ1v) is 8.91. The molecule has 2 aliphatic heterocycles. The zero-order chi connectivity index (χ0) is 18.1. The van der Waals surface area contributed by atoms with Gasteiger partial charge in [-0.25, -0.2) is 9.97 Å². The molecule has 1 saturated heterocycles. The monoisotopic (exact) mass is 353 g/mol. The lowest BCUT2D eigenvalue weighted by Crippen LogP contribution is -2.36. The van der Waals surface area contributed by atoms with E-state index in [-0.39, 0.29) is 11.9 Å². The maximum Gasteiger partial charge on any atom is 0.254 e. The van der Waals surface area contributed by atoms with Crippen molar-refractivity contribution in [3.63, 3.8) is 0 Å². The predicted octanol–water partition coefficient (Wildman–Crippen LogP) is 1.83. The molecule has 1 amide bonds. The largest absolute Gasteiger partial charge is 0.381 e. The average Bonchev–Trinajstić information content (AvgIpc) is 3.11. The number of hydrogen-bond donors (Lipinski definition) is 1. The summed E-state index contributed by atoms with van der Waals surface area (Å²) in [5, 5.41) is 0. The summed E-state index contributed by atoms with van der Waals surface area (Å²) in [4.78, 5) is 25.1. The van der Waals surface area contributed by atoms with Gasteiger partial charge in [-0.1, -0.05) is 0 Å². The van der Waals surface area contributed by atoms with E-state index in [1.54, 1.807) is 18.2 Å². The molecule has 2 aliphatic rings. The number of nitrogen functional groups attached to an aromatic ring is 1. The van der Waals surface area contributed by atoms with Crippen molar-refractivity contribution in [2.45, 2.75) is 32.0 Å². The fourth-order valence-corrected chi connectivity index (χ4v) is 3.66. The fourth-order valence-electron chi connectivity index (χ4n) is 3.66. The molecule has 0 atom stereocenters. The summed E-state index contributed by atoms with van der Waals surface area (Å²) in [6.45, 7) is 2.97. The van der Waals surface area contributed by atoms with Gasteiger partial charge in [-0.15, -0.1) is 0 Å². The van der Waals surface area contributed by atoms with E-state index in [0.29, 0.717) is 24.8 Å². The summed E-state index contributed by atoms with van der Waals surface area (Å²) in [7, 11) is 1.78. The summed E-state index contributed by atoms with van der Waals surface area (Å²) < 4.78 is 5.42. The van der Waals surface area contributed by atoms with Crippen LogP contribution in [0.2, 0.25) is 0 Å². The Kier molecular flexibility index (Phi) is 4.46. The Labute approximate surface area is 152 Å². The van der Waals surface area contributed by atoms with Gasteiger partial charge in [0.1, 0.15) is 0 Å². The first kappa shape index (κ1) is 16.8. The van der Waals surface area contributed by atoms with Crippen LogP contribution >= 0.6 is 0 Å². The maximum atomic E-state index is 12.8. The van der Waals surface area contributed by atoms with E-state index in [0.717, 1.165) is 42.9 Å². The number of piperidine rings is 1. The first-order chi connectivity index (χ1) is 12.6. The number of ether oxygens (including phenoxy) is 1. The van der Waals surface area contributed by atoms with E-state index in [2.05, 4.69) is 14.9 Å². The van der Waals surface area contributed by atoms with Crippen LogP contribution in [-0.4, -0.2) is 47.1 Å². The van der Waals surface area contributed by atoms with Crippen LogP contribution in [0.25, 0.3) is 0 Å². The topological polar surface area (TPSA) is 84.6 Å². The van der Waals surface area contributed by atoms with Gasteiger partial charge in [-0.05, 0) is 37.1 Å². The van der Waals surface area contributed by atoms with Crippen molar-refractivity contribution in [2.24, 2.45) is 0 Å². The van der Waals surface area contributed by atoms with Crippen LogP contribution < -0.4 is 10.6 Å². The normalized spacial score (nSPS) is 17.4. The molecule has 2 aromatic rings. The highest BCUT2D eigenvalue weighted by molar-refractivity contribution is 5.94. The molecule has 3 heterocycles. The number of benzene rings is 1. The van der Waals surface area contributed by atoms with E-state index in [9.17, 15) is 4.79 Å². The lowest BCUT2D eigenvalue weighted by Gasteiger charge is -2.33. The molecule has 2 N–H and O–H groups in total. The Morgan fingerprint density at radius 3 is 2.62 bits per heavy atom. The molecule has 1 aromatic carbocycles. The third-order valence-corrected chi connectivity index (χ3v) is 5.22. The molecule has 0 spiro atoms. The third-order valence-electron chi connectivity index (χ3n) is 5.22. The lowest BCUT2D eigenvalue weighted by atomic mass is 10.1. The first-order valence-electron chi connectivity index (χ1n) is 8.91. The second-order valence-electron chi connectivity index (χ2n) is 6.83. The highest BCUT2D eigenvalue weighted by atomic mass is 16.5. The Bertz CT molecular complexity index is 800. The van der Waals surface area contributed by atoms with Crippen molar-refractivity contribution in [1.82, 2.24) is 14.9 Å². The minimum absolute atomic E-state index is 0.00575. The SMILES string of the molecule is COC1CCN(c2ccc(C(=O)N3Cc4cnc(N)nc4C3)cc2)CC1. The number of carbonyl (C=O) groups excluding carboxylic acids is 1. The standard InChI is InChI=1S/C19H23N5O2/c1-26-16-6-8-23(9-7-16)15-4-2-13(3-5-15)18(25)24-11-14-10-21-19(20)22-17(14)12-24/h2-5,10,16H,6-9,11-12H2,1H3,(H2,20,21,22). The van der Waals surface area contributed by atoms with Crippen LogP contribution in [0.4, 0.5) is 11.6 Å². The zero-order valence-electron chi connectivity index (χ0n) is 14.9. The lowest BCUT2D eigenvalue weighted by molar-refractivity contribution is 0.0750. The Morgan fingerprint density at radius 2 is 1.92 bits per heavy atom. The maximum absolute atomic E-state index is 12.8. The summed E-state index contributed by atoms with van der Waals surface area (Å²) in [5.74, 6) is 0.255. The quantitative estimate of drug-likeness (QED) is 0.906. The highest BCUT2D eigenvalue weighted by Crippen LogP contribution is 2.25. The molecule has 0 aliphatic carbocycles. The van der Waals surface area contributed by atoms with Crippen molar-refractivity contribution >= 4 is 17.5 Å². The van der Waals surface area contributed by atoms with Gasteiger partial charge in [0.25, 0.3) is 5.91 Å². The third kappa shape index (κ3) is 3.22. The number of hydrogen-bond acceptors (Lipinski definition) is 6. The van der Waals surface area contributed by atoms with Crippen molar-refractivity contribution in [1.29, 1.82) is 0 Å². The Balaban J connectivity index is 1.42. The van der Waals surface area contributed by atoms with E-state index in [1.807, 2.05) is 24.3 Å². The van der Waals surface area contributed by atoms with Gasteiger partial charge in [0.15, 0.2) is 0 Å². The minimum atomic E-state index is 0.00575. The second kappa shape index (κ2) is 6.92. The molecular weight excluding hydrogens is 330 g/mol. The Morgan fingerprint density at radius 1 is 1.19 bits per heavy atom. The summed E-state index contributed by atoms with van der Waals surface area (Å²) in [6, 6.07) is 7.87. The van der Waals surface area contributed by atoms with Crippen LogP contribution in [-0.2, 0) is 17.8 Å². The van der Waals surface area contributed by atoms with Crippen LogP contribution in [0.5, 0.6) is 0 Å². The number of fused-ring (bicyclic) bond motifs is 1. The van der Waals surface area contributed by atoms with Crippen molar-refractivity contribution in [3.05, 3.63) is 47.3 Å². The molecule has 136 valence electrons. The van der Waals surface area contributed by atoms with Crippen molar-refractivity contribution in [2.75, 3.05) is 30.8 Å². The number of nitrogens with zero attached hydrogens (tertiary/aromatic N) is 4. The fraction of sp³-hybridized carbons (Fsp3) is 0.421. The van der Waals surface area contributed by atoms with E-state index < -0.39 is 0 Å². The molecule has 0 radical (unpaired) electrons. The van der Waals surface area contributed by atoms with E-state index in [4.69, 9.17) is 10.5 Å². The summed E-state index contributed by atoms with van der Waals surface area (Å²) in [5.41, 5.74) is 9.27. The van der Waals surface area contributed by atoms with Gasteiger partial charge in [0.2, 0.25) is 5.95 Å². The van der Waals surface area contributed by atoms with E-state index in [1.165, 1.54) is 0 Å². The predicted molar refractivity (Wildman–Crippen MR) is 98.7 cm³/mol. The summed E-state index contributed by atoms with van der Waals surface area (Å²) >= 11 is 0. The number of carbonyl (C=O) groups is 1. The van der Waals surface area contributed by atoms with Gasteiger partial charge < -0.3 is 20.3 Å². The molecule has 0 unspecified atom stereocenters. The van der Waals surface area contributed by atoms with Gasteiger partial charge in [-0.3, -0.25) is 4.79 Å². The van der Waals surface area contributed by atoms with Crippen LogP contribution in [0.15, 0.2) is 30.5 Å². The summed E-state index contributed by atoms with van der Waals surface area (Å²) in [6.07, 6.45) is 4.14. The number of amides is 1. The number of nitrogens with two attached hydrogens (primary N) is 1. The van der Waals surface area contributed by atoms with Gasteiger partial charge >= 0.3 is 0 Å². The second-order valence-corrected chi connectivity index (χ2v) is 6.83. The molecule has 1 fully saturated rings. The molecule has 26 heavy (non-hydrogen) atoms. The highest BCUT2D eigenvalue weighted by Gasteiger charge is 2.26. The van der Waals surface area contributed by atoms with E-state index >= 15 is 0 Å². The molecule has 7 nitrogen and oxygen atoms in total. The van der Waals surface area contributed by atoms with Crippen LogP contribution in [0.1, 0.15) is 34.5 Å². The molecule has 4 rings (SSSR count). The number of aromatic nitrogens is 2. The number of anilines is 2. The van der Waals surface area contributed by atoms with Gasteiger partial charge in [-0.2, -0.15) is 0 Å². The van der Waals surface area contributed by atoms with Crippen LogP contribution in [0.3, 0.4) is 0 Å². The van der Waals surface area contributed by atoms with Crippen molar-refractivity contribution in [3.8, 4) is 0 Å². The van der Waals surface area contributed by atoms with Gasteiger partial charge in [0, 0.05) is 49.8 Å². The molecule has 0 saturated carbocycles. The van der Waals surface area contributed by atoms with Gasteiger partial charge in [0.05, 0.1) is 18.3 Å². The minimum Gasteiger partial charge on any atom is -0.381 e. The zero-order valence-corrected chi connectivity index (χ0v) is 14.9. The Hall–Kier alpha value is -2.67. The molecule has 7 heteroatoms.